The fourth-order valence-electron chi connectivity index (χ4n) is 3.73. The van der Waals surface area contributed by atoms with Crippen LogP contribution in [0.5, 0.6) is 0 Å². The number of hydrogen-bond donors (Lipinski definition) is 1. The minimum Gasteiger partial charge on any atom is -0.503 e. The molecule has 4 aromatic rings. The van der Waals surface area contributed by atoms with Gasteiger partial charge in [-0.1, -0.05) is 35.5 Å². The van der Waals surface area contributed by atoms with Gasteiger partial charge < -0.3 is 14.0 Å². The number of ketones is 1. The van der Waals surface area contributed by atoms with Gasteiger partial charge in [-0.05, 0) is 36.8 Å². The van der Waals surface area contributed by atoms with Crippen molar-refractivity contribution in [1.82, 2.24) is 5.16 Å². The zero-order valence-electron chi connectivity index (χ0n) is 16.2. The molecule has 1 aliphatic heterocycles. The Morgan fingerprint density at radius 1 is 1.13 bits per heavy atom. The number of aromatic nitrogens is 1. The number of aliphatic hydroxyl groups excluding tert-OH is 1. The van der Waals surface area contributed by atoms with Gasteiger partial charge in [0.1, 0.15) is 17.2 Å². The highest BCUT2D eigenvalue weighted by Gasteiger charge is 2.46. The number of amides is 1. The van der Waals surface area contributed by atoms with Crippen molar-refractivity contribution in [1.29, 1.82) is 0 Å². The standard InChI is InChI=1S/C23H15FN2O5/c1-12-10-18(25-31-12)26-20(13-6-8-15(24)9-7-13)19(22(28)23(26)29)21(27)17-11-14-4-2-3-5-16(14)30-17/h2-11,20,28H,1H3/t20-/m1/s1. The number of carbonyl (C=O) groups is 2. The number of anilines is 1. The zero-order chi connectivity index (χ0) is 21.7. The second kappa shape index (κ2) is 6.94. The smallest absolute Gasteiger partial charge is 0.295 e. The normalized spacial score (nSPS) is 16.5. The maximum absolute atomic E-state index is 13.5. The molecule has 1 N–H and O–H groups in total. The molecule has 3 heterocycles. The minimum absolute atomic E-state index is 0.0270. The van der Waals surface area contributed by atoms with Crippen LogP contribution in [0.2, 0.25) is 0 Å². The first kappa shape index (κ1) is 18.8. The van der Waals surface area contributed by atoms with E-state index in [4.69, 9.17) is 8.94 Å². The van der Waals surface area contributed by atoms with Crippen molar-refractivity contribution in [3.8, 4) is 0 Å². The van der Waals surface area contributed by atoms with Crippen molar-refractivity contribution < 1.29 is 28.0 Å². The van der Waals surface area contributed by atoms with E-state index in [1.165, 1.54) is 30.3 Å². The average molecular weight is 418 g/mol. The summed E-state index contributed by atoms with van der Waals surface area (Å²) in [5, 5.41) is 15.2. The van der Waals surface area contributed by atoms with Crippen LogP contribution in [0.25, 0.3) is 11.0 Å². The van der Waals surface area contributed by atoms with Gasteiger partial charge in [0.05, 0.1) is 11.6 Å². The van der Waals surface area contributed by atoms with E-state index in [0.29, 0.717) is 22.3 Å². The summed E-state index contributed by atoms with van der Waals surface area (Å²) in [6.07, 6.45) is 0. The van der Waals surface area contributed by atoms with Crippen molar-refractivity contribution in [2.45, 2.75) is 13.0 Å². The van der Waals surface area contributed by atoms with Crippen LogP contribution in [0.15, 0.2) is 80.9 Å². The van der Waals surface area contributed by atoms with Crippen LogP contribution in [0.4, 0.5) is 10.2 Å². The van der Waals surface area contributed by atoms with Crippen LogP contribution in [-0.4, -0.2) is 22.0 Å². The Kier molecular flexibility index (Phi) is 4.21. The molecular formula is C23H15FN2O5. The maximum atomic E-state index is 13.5. The second-order valence-electron chi connectivity index (χ2n) is 7.16. The fraction of sp³-hybridized carbons (Fsp3) is 0.0870. The Bertz CT molecular complexity index is 1330. The predicted octanol–water partition coefficient (Wildman–Crippen LogP) is 4.65. The first-order chi connectivity index (χ1) is 14.9. The summed E-state index contributed by atoms with van der Waals surface area (Å²) < 4.78 is 24.3. The topological polar surface area (TPSA) is 96.8 Å². The molecule has 2 aromatic carbocycles. The lowest BCUT2D eigenvalue weighted by Gasteiger charge is -2.24. The van der Waals surface area contributed by atoms with E-state index < -0.39 is 29.3 Å². The molecule has 0 bridgehead atoms. The first-order valence-corrected chi connectivity index (χ1v) is 9.43. The van der Waals surface area contributed by atoms with Crippen LogP contribution in [0.3, 0.4) is 0 Å². The van der Waals surface area contributed by atoms with Crippen molar-refractivity contribution in [2.75, 3.05) is 4.90 Å². The van der Waals surface area contributed by atoms with Gasteiger partial charge in [0.25, 0.3) is 5.91 Å². The van der Waals surface area contributed by atoms with Gasteiger partial charge in [0.2, 0.25) is 5.78 Å². The minimum atomic E-state index is -1.04. The third kappa shape index (κ3) is 3.00. The number of hydrogen-bond acceptors (Lipinski definition) is 6. The van der Waals surface area contributed by atoms with Gasteiger partial charge in [0.15, 0.2) is 17.3 Å². The van der Waals surface area contributed by atoms with Crippen LogP contribution in [0, 0.1) is 12.7 Å². The summed E-state index contributed by atoms with van der Waals surface area (Å²) in [6.45, 7) is 1.65. The van der Waals surface area contributed by atoms with Crippen LogP contribution >= 0.6 is 0 Å². The Morgan fingerprint density at radius 2 is 1.87 bits per heavy atom. The number of furan rings is 1. The fourth-order valence-corrected chi connectivity index (χ4v) is 3.73. The molecular weight excluding hydrogens is 403 g/mol. The molecule has 0 unspecified atom stereocenters. The monoisotopic (exact) mass is 418 g/mol. The van der Waals surface area contributed by atoms with E-state index in [2.05, 4.69) is 5.16 Å². The number of fused-ring (bicyclic) bond motifs is 1. The summed E-state index contributed by atoms with van der Waals surface area (Å²) in [5.74, 6) is -2.13. The summed E-state index contributed by atoms with van der Waals surface area (Å²) in [5.41, 5.74) is 0.729. The number of aryl methyl sites for hydroxylation is 1. The van der Waals surface area contributed by atoms with E-state index >= 15 is 0 Å². The van der Waals surface area contributed by atoms with Crippen LogP contribution < -0.4 is 4.90 Å². The second-order valence-corrected chi connectivity index (χ2v) is 7.16. The number of para-hydroxylation sites is 1. The molecule has 0 saturated heterocycles. The molecule has 0 spiro atoms. The van der Waals surface area contributed by atoms with E-state index in [1.54, 1.807) is 37.3 Å². The highest BCUT2D eigenvalue weighted by atomic mass is 19.1. The number of aliphatic hydroxyl groups is 1. The first-order valence-electron chi connectivity index (χ1n) is 9.43. The van der Waals surface area contributed by atoms with E-state index in [-0.39, 0.29) is 17.2 Å². The quantitative estimate of drug-likeness (QED) is 0.485. The number of nitrogens with zero attached hydrogens (tertiary/aromatic N) is 2. The molecule has 1 aliphatic rings. The molecule has 0 radical (unpaired) electrons. The molecule has 1 amide bonds. The molecule has 8 heteroatoms. The number of benzene rings is 2. The molecule has 2 aromatic heterocycles. The highest BCUT2D eigenvalue weighted by Crippen LogP contribution is 2.42. The summed E-state index contributed by atoms with van der Waals surface area (Å²) in [7, 11) is 0. The van der Waals surface area contributed by atoms with Gasteiger partial charge >= 0.3 is 0 Å². The lowest BCUT2D eigenvalue weighted by atomic mass is 9.95. The van der Waals surface area contributed by atoms with Crippen LogP contribution in [-0.2, 0) is 4.79 Å². The zero-order valence-corrected chi connectivity index (χ0v) is 16.2. The molecule has 7 nitrogen and oxygen atoms in total. The molecule has 0 saturated carbocycles. The number of halogens is 1. The molecule has 1 atom stereocenters. The third-order valence-corrected chi connectivity index (χ3v) is 5.15. The predicted molar refractivity (Wildman–Crippen MR) is 108 cm³/mol. The number of rotatable bonds is 4. The van der Waals surface area contributed by atoms with Crippen molar-refractivity contribution in [3.63, 3.8) is 0 Å². The maximum Gasteiger partial charge on any atom is 0.295 e. The summed E-state index contributed by atoms with van der Waals surface area (Å²) >= 11 is 0. The van der Waals surface area contributed by atoms with E-state index in [9.17, 15) is 19.1 Å². The van der Waals surface area contributed by atoms with Gasteiger partial charge in [-0.15, -0.1) is 0 Å². The van der Waals surface area contributed by atoms with Crippen molar-refractivity contribution in [3.05, 3.63) is 94.9 Å². The van der Waals surface area contributed by atoms with Gasteiger partial charge in [-0.25, -0.2) is 4.39 Å². The Labute approximate surface area is 175 Å². The Balaban J connectivity index is 1.66. The van der Waals surface area contributed by atoms with Gasteiger partial charge in [-0.2, -0.15) is 0 Å². The molecule has 154 valence electrons. The Morgan fingerprint density at radius 3 is 2.55 bits per heavy atom. The lowest BCUT2D eigenvalue weighted by molar-refractivity contribution is -0.117. The Hall–Kier alpha value is -4.20. The number of carbonyl (C=O) groups excluding carboxylic acids is 2. The largest absolute Gasteiger partial charge is 0.503 e. The van der Waals surface area contributed by atoms with Crippen LogP contribution in [0.1, 0.15) is 27.9 Å². The van der Waals surface area contributed by atoms with Crippen molar-refractivity contribution in [2.24, 2.45) is 0 Å². The van der Waals surface area contributed by atoms with Gasteiger partial charge in [0, 0.05) is 11.5 Å². The van der Waals surface area contributed by atoms with Crippen molar-refractivity contribution >= 4 is 28.5 Å². The number of Topliss-reactive ketones (excluding diaryl/α,β-unsaturated/α-hetero) is 1. The molecule has 5 rings (SSSR count). The molecule has 0 fully saturated rings. The summed E-state index contributed by atoms with van der Waals surface area (Å²) in [4.78, 5) is 27.5. The van der Waals surface area contributed by atoms with Gasteiger partial charge in [-0.3, -0.25) is 14.5 Å². The average Bonchev–Trinajstić information content (AvgIpc) is 3.45. The van der Waals surface area contributed by atoms with E-state index in [1.807, 2.05) is 0 Å². The molecule has 0 aliphatic carbocycles. The SMILES string of the molecule is Cc1cc(N2C(=O)C(O)=C(C(=O)c3cc4ccccc4o3)[C@H]2c2ccc(F)cc2)no1. The highest BCUT2D eigenvalue weighted by molar-refractivity contribution is 6.20. The third-order valence-electron chi connectivity index (χ3n) is 5.15. The summed E-state index contributed by atoms with van der Waals surface area (Å²) in [6, 6.07) is 14.4. The lowest BCUT2D eigenvalue weighted by Crippen LogP contribution is -2.31. The van der Waals surface area contributed by atoms with E-state index in [0.717, 1.165) is 4.90 Å². The molecule has 31 heavy (non-hydrogen) atoms.